The molecule has 4 heteroatoms. The fourth-order valence-electron chi connectivity index (χ4n) is 1.84. The minimum atomic E-state index is -0.169. The Labute approximate surface area is 125 Å². The molecule has 2 rings (SSSR count). The van der Waals surface area contributed by atoms with Gasteiger partial charge in [-0.25, -0.2) is 0 Å². The van der Waals surface area contributed by atoms with Crippen LogP contribution in [0.1, 0.15) is 29.3 Å². The van der Waals surface area contributed by atoms with E-state index < -0.39 is 0 Å². The Morgan fingerprint density at radius 3 is 2.50 bits per heavy atom. The molecule has 1 nitrogen and oxygen atoms in total. The molecule has 0 spiro atoms. The molecule has 0 bridgehead atoms. The monoisotopic (exact) mass is 343 g/mol. The minimum Gasteiger partial charge on any atom is -0.265 e. The number of aromatic nitrogens is 1. The van der Waals surface area contributed by atoms with Gasteiger partial charge in [-0.05, 0) is 45.3 Å². The lowest BCUT2D eigenvalue weighted by Gasteiger charge is -2.20. The summed E-state index contributed by atoms with van der Waals surface area (Å²) in [6.07, 6.45) is 3.55. The fourth-order valence-corrected chi connectivity index (χ4v) is 2.85. The summed E-state index contributed by atoms with van der Waals surface area (Å²) in [5, 5.41) is 0.510. The summed E-state index contributed by atoms with van der Waals surface area (Å²) in [7, 11) is 0. The Morgan fingerprint density at radius 1 is 1.17 bits per heavy atom. The number of rotatable bonds is 3. The summed E-state index contributed by atoms with van der Waals surface area (Å²) in [5.41, 5.74) is 2.10. The maximum atomic E-state index is 6.54. The van der Waals surface area contributed by atoms with Crippen LogP contribution in [0.4, 0.5) is 0 Å². The van der Waals surface area contributed by atoms with E-state index in [1.54, 1.807) is 12.4 Å². The van der Waals surface area contributed by atoms with Crippen LogP contribution in [0.3, 0.4) is 0 Å². The molecule has 1 heterocycles. The summed E-state index contributed by atoms with van der Waals surface area (Å²) >= 11 is 16.2. The topological polar surface area (TPSA) is 12.9 Å². The predicted molar refractivity (Wildman–Crippen MR) is 80.4 cm³/mol. The van der Waals surface area contributed by atoms with Gasteiger partial charge in [0, 0.05) is 22.8 Å². The van der Waals surface area contributed by atoms with E-state index in [1.807, 2.05) is 30.3 Å². The molecule has 0 radical (unpaired) electrons. The van der Waals surface area contributed by atoms with Crippen LogP contribution in [0, 0.1) is 0 Å². The molecule has 1 aromatic heterocycles. The van der Waals surface area contributed by atoms with Gasteiger partial charge < -0.3 is 0 Å². The lowest BCUT2D eigenvalue weighted by molar-refractivity contribution is 0.730. The molecule has 0 aliphatic heterocycles. The lowest BCUT2D eigenvalue weighted by atomic mass is 9.94. The van der Waals surface area contributed by atoms with Crippen molar-refractivity contribution < 1.29 is 0 Å². The minimum absolute atomic E-state index is 0.168. The molecule has 18 heavy (non-hydrogen) atoms. The predicted octanol–water partition coefficient (Wildman–Crippen LogP) is 5.58. The molecule has 0 saturated carbocycles. The van der Waals surface area contributed by atoms with Gasteiger partial charge in [0.2, 0.25) is 0 Å². The van der Waals surface area contributed by atoms with E-state index in [2.05, 4.69) is 27.8 Å². The van der Waals surface area contributed by atoms with Crippen LogP contribution in [0.2, 0.25) is 5.02 Å². The van der Waals surface area contributed by atoms with Crippen molar-refractivity contribution in [3.8, 4) is 0 Å². The normalized spacial score (nSPS) is 14.2. The summed E-state index contributed by atoms with van der Waals surface area (Å²) < 4.78 is 0.870. The van der Waals surface area contributed by atoms with Gasteiger partial charge in [0.05, 0.1) is 10.4 Å². The van der Waals surface area contributed by atoms with Crippen molar-refractivity contribution in [1.29, 1.82) is 0 Å². The number of nitrogens with zero attached hydrogens (tertiary/aromatic N) is 1. The maximum Gasteiger partial charge on any atom is 0.0666 e. The van der Waals surface area contributed by atoms with Crippen LogP contribution in [-0.2, 0) is 0 Å². The molecule has 94 valence electrons. The third-order valence-electron chi connectivity index (χ3n) is 2.95. The molecular weight excluding hydrogens is 333 g/mol. The Kier molecular flexibility index (Phi) is 4.66. The highest BCUT2D eigenvalue weighted by Gasteiger charge is 2.21. The second-order valence-corrected chi connectivity index (χ2v) is 5.82. The largest absolute Gasteiger partial charge is 0.265 e. The van der Waals surface area contributed by atoms with Crippen molar-refractivity contribution in [2.75, 3.05) is 0 Å². The van der Waals surface area contributed by atoms with Crippen LogP contribution in [0.15, 0.2) is 47.2 Å². The van der Waals surface area contributed by atoms with Gasteiger partial charge in [-0.3, -0.25) is 4.98 Å². The van der Waals surface area contributed by atoms with Crippen molar-refractivity contribution in [2.24, 2.45) is 0 Å². The van der Waals surface area contributed by atoms with Gasteiger partial charge in [-0.1, -0.05) is 30.7 Å². The maximum absolute atomic E-state index is 6.54. The number of hydrogen-bond donors (Lipinski definition) is 0. The molecule has 0 N–H and O–H groups in total. The molecular formula is C14H12BrCl2N. The van der Waals surface area contributed by atoms with Crippen molar-refractivity contribution in [3.05, 3.63) is 63.3 Å². The molecule has 0 fully saturated rings. The van der Waals surface area contributed by atoms with E-state index in [0.717, 1.165) is 15.6 Å². The Balaban J connectivity index is 2.31. The molecule has 0 aliphatic carbocycles. The first-order valence-corrected chi connectivity index (χ1v) is 7.20. The zero-order chi connectivity index (χ0) is 13.1. The molecule has 0 aliphatic rings. The molecule has 0 saturated heterocycles. The van der Waals surface area contributed by atoms with Crippen LogP contribution in [-0.4, -0.2) is 4.98 Å². The number of benzene rings is 1. The Bertz CT molecular complexity index is 531. The van der Waals surface area contributed by atoms with E-state index in [9.17, 15) is 0 Å². The first kappa shape index (κ1) is 13.9. The average Bonchev–Trinajstić information content (AvgIpc) is 2.41. The van der Waals surface area contributed by atoms with Crippen LogP contribution >= 0.6 is 39.1 Å². The lowest BCUT2D eigenvalue weighted by Crippen LogP contribution is -2.03. The molecule has 0 amide bonds. The number of halogens is 3. The number of alkyl halides is 1. The first-order valence-electron chi connectivity index (χ1n) is 5.59. The summed E-state index contributed by atoms with van der Waals surface area (Å²) in [5.74, 6) is 0.168. The molecule has 2 unspecified atom stereocenters. The second kappa shape index (κ2) is 6.05. The number of pyridine rings is 1. The zero-order valence-corrected chi connectivity index (χ0v) is 12.9. The van der Waals surface area contributed by atoms with Gasteiger partial charge in [0.15, 0.2) is 0 Å². The molecule has 1 aromatic carbocycles. The van der Waals surface area contributed by atoms with Gasteiger partial charge in [-0.15, -0.1) is 11.6 Å². The van der Waals surface area contributed by atoms with Crippen LogP contribution in [0.25, 0.3) is 0 Å². The standard InChI is InChI=1S/C14H12BrCl2N/c1-9(10-5-7-18-8-6-10)13(16)11-3-2-4-12(15)14(11)17/h2-9,13H,1H3. The van der Waals surface area contributed by atoms with Gasteiger partial charge in [0.25, 0.3) is 0 Å². The molecule has 2 aromatic rings. The SMILES string of the molecule is CC(c1ccncc1)C(Cl)c1cccc(Br)c1Cl. The van der Waals surface area contributed by atoms with Crippen LogP contribution < -0.4 is 0 Å². The Hall–Kier alpha value is -0.570. The highest BCUT2D eigenvalue weighted by atomic mass is 79.9. The van der Waals surface area contributed by atoms with E-state index in [-0.39, 0.29) is 11.3 Å². The zero-order valence-electron chi connectivity index (χ0n) is 9.78. The first-order chi connectivity index (χ1) is 8.61. The van der Waals surface area contributed by atoms with Crippen molar-refractivity contribution >= 4 is 39.1 Å². The van der Waals surface area contributed by atoms with Crippen molar-refractivity contribution in [3.63, 3.8) is 0 Å². The quantitative estimate of drug-likeness (QED) is 0.662. The smallest absolute Gasteiger partial charge is 0.0666 e. The second-order valence-electron chi connectivity index (χ2n) is 4.11. The summed E-state index contributed by atoms with van der Waals surface area (Å²) in [6.45, 7) is 2.09. The van der Waals surface area contributed by atoms with Crippen molar-refractivity contribution in [2.45, 2.75) is 18.2 Å². The van der Waals surface area contributed by atoms with E-state index >= 15 is 0 Å². The summed E-state index contributed by atoms with van der Waals surface area (Å²) in [6, 6.07) is 9.77. The van der Waals surface area contributed by atoms with Crippen LogP contribution in [0.5, 0.6) is 0 Å². The number of hydrogen-bond acceptors (Lipinski definition) is 1. The average molecular weight is 345 g/mol. The highest BCUT2D eigenvalue weighted by molar-refractivity contribution is 9.10. The fraction of sp³-hybridized carbons (Fsp3) is 0.214. The van der Waals surface area contributed by atoms with Gasteiger partial charge >= 0.3 is 0 Å². The Morgan fingerprint density at radius 2 is 1.83 bits per heavy atom. The third kappa shape index (κ3) is 2.87. The van der Waals surface area contributed by atoms with E-state index in [1.165, 1.54) is 0 Å². The third-order valence-corrected chi connectivity index (χ3v) is 4.87. The van der Waals surface area contributed by atoms with Crippen molar-refractivity contribution in [1.82, 2.24) is 4.98 Å². The van der Waals surface area contributed by atoms with Gasteiger partial charge in [0.1, 0.15) is 0 Å². The van der Waals surface area contributed by atoms with Gasteiger partial charge in [-0.2, -0.15) is 0 Å². The van der Waals surface area contributed by atoms with E-state index in [4.69, 9.17) is 23.2 Å². The highest BCUT2D eigenvalue weighted by Crippen LogP contribution is 2.41. The molecule has 2 atom stereocenters. The van der Waals surface area contributed by atoms with E-state index in [0.29, 0.717) is 5.02 Å². The summed E-state index contributed by atoms with van der Waals surface area (Å²) in [4.78, 5) is 4.01.